The van der Waals surface area contributed by atoms with Crippen molar-refractivity contribution in [3.63, 3.8) is 0 Å². The summed E-state index contributed by atoms with van der Waals surface area (Å²) < 4.78 is 7.98. The fourth-order valence-electron chi connectivity index (χ4n) is 2.89. The second-order valence-corrected chi connectivity index (χ2v) is 6.26. The maximum Gasteiger partial charge on any atom is 0.310 e. The molecule has 2 unspecified atom stereocenters. The van der Waals surface area contributed by atoms with Crippen molar-refractivity contribution in [3.05, 3.63) is 15.9 Å². The van der Waals surface area contributed by atoms with Crippen molar-refractivity contribution >= 4 is 21.9 Å². The molecule has 0 amide bonds. The molecule has 2 heterocycles. The molecular weight excluding hydrogens is 322 g/mol. The number of likely N-dealkylation sites (tertiary alicyclic amines) is 1. The van der Waals surface area contributed by atoms with Crippen molar-refractivity contribution in [2.75, 3.05) is 20.2 Å². The van der Waals surface area contributed by atoms with Gasteiger partial charge >= 0.3 is 5.97 Å². The molecule has 0 aromatic carbocycles. The molecule has 20 heavy (non-hydrogen) atoms. The van der Waals surface area contributed by atoms with Gasteiger partial charge in [-0.05, 0) is 35.7 Å². The number of ether oxygens (including phenoxy) is 1. The number of aryl methyl sites for hydroxylation is 2. The van der Waals surface area contributed by atoms with Crippen molar-refractivity contribution in [3.8, 4) is 0 Å². The molecule has 2 atom stereocenters. The number of aromatic nitrogens is 2. The summed E-state index contributed by atoms with van der Waals surface area (Å²) >= 11 is 3.62. The molecule has 1 fully saturated rings. The standard InChI is InChI=1S/C14H22BrN3O2/c1-5-18-12(13(15)10(3)16-18)8-17-6-9(2)11(7-17)14(19)20-4/h9,11H,5-8H2,1-4H3. The molecule has 6 heteroatoms. The molecule has 5 nitrogen and oxygen atoms in total. The first kappa shape index (κ1) is 15.5. The van der Waals surface area contributed by atoms with Gasteiger partial charge in [-0.2, -0.15) is 5.10 Å². The van der Waals surface area contributed by atoms with Crippen LogP contribution in [0.15, 0.2) is 4.47 Å². The number of nitrogens with zero attached hydrogens (tertiary/aromatic N) is 3. The first-order chi connectivity index (χ1) is 9.47. The van der Waals surface area contributed by atoms with Crippen molar-refractivity contribution in [1.82, 2.24) is 14.7 Å². The van der Waals surface area contributed by atoms with Gasteiger partial charge in [0.05, 0.1) is 28.9 Å². The zero-order chi connectivity index (χ0) is 14.9. The van der Waals surface area contributed by atoms with Gasteiger partial charge in [0.15, 0.2) is 0 Å². The predicted molar refractivity (Wildman–Crippen MR) is 80.3 cm³/mol. The summed E-state index contributed by atoms with van der Waals surface area (Å²) in [5.74, 6) is 0.220. The highest BCUT2D eigenvalue weighted by molar-refractivity contribution is 9.10. The van der Waals surface area contributed by atoms with E-state index in [1.54, 1.807) is 0 Å². The third kappa shape index (κ3) is 2.91. The van der Waals surface area contributed by atoms with Gasteiger partial charge in [0, 0.05) is 26.2 Å². The zero-order valence-corrected chi connectivity index (χ0v) is 14.1. The first-order valence-corrected chi connectivity index (χ1v) is 7.79. The van der Waals surface area contributed by atoms with Crippen molar-refractivity contribution in [2.24, 2.45) is 11.8 Å². The molecule has 112 valence electrons. The molecule has 1 saturated heterocycles. The smallest absolute Gasteiger partial charge is 0.310 e. The summed E-state index contributed by atoms with van der Waals surface area (Å²) in [4.78, 5) is 14.0. The van der Waals surface area contributed by atoms with E-state index in [9.17, 15) is 4.79 Å². The maximum absolute atomic E-state index is 11.7. The van der Waals surface area contributed by atoms with Crippen LogP contribution >= 0.6 is 15.9 Å². The van der Waals surface area contributed by atoms with Crippen LogP contribution in [-0.2, 0) is 22.6 Å². The number of rotatable bonds is 4. The van der Waals surface area contributed by atoms with Crippen LogP contribution in [0.1, 0.15) is 25.2 Å². The predicted octanol–water partition coefficient (Wildman–Crippen LogP) is 2.21. The van der Waals surface area contributed by atoms with Gasteiger partial charge < -0.3 is 4.74 Å². The van der Waals surface area contributed by atoms with Crippen LogP contribution in [0.2, 0.25) is 0 Å². The lowest BCUT2D eigenvalue weighted by molar-refractivity contribution is -0.146. The Bertz CT molecular complexity index is 501. The summed E-state index contributed by atoms with van der Waals surface area (Å²) in [6, 6.07) is 0. The molecule has 0 saturated carbocycles. The third-order valence-electron chi connectivity index (χ3n) is 4.02. The van der Waals surface area contributed by atoms with Crippen molar-refractivity contribution in [2.45, 2.75) is 33.9 Å². The average molecular weight is 344 g/mol. The minimum absolute atomic E-state index is 0.0159. The molecule has 1 aromatic rings. The van der Waals surface area contributed by atoms with E-state index in [-0.39, 0.29) is 11.9 Å². The van der Waals surface area contributed by atoms with E-state index >= 15 is 0 Å². The number of methoxy groups -OCH3 is 1. The van der Waals surface area contributed by atoms with Gasteiger partial charge in [0.1, 0.15) is 0 Å². The van der Waals surface area contributed by atoms with Gasteiger partial charge in [-0.15, -0.1) is 0 Å². The monoisotopic (exact) mass is 343 g/mol. The molecule has 1 aromatic heterocycles. The lowest BCUT2D eigenvalue weighted by atomic mass is 9.99. The van der Waals surface area contributed by atoms with Crippen LogP contribution in [0.5, 0.6) is 0 Å². The Morgan fingerprint density at radius 2 is 2.20 bits per heavy atom. The molecule has 0 bridgehead atoms. The van der Waals surface area contributed by atoms with Gasteiger partial charge in [-0.25, -0.2) is 0 Å². The normalized spacial score (nSPS) is 23.2. The third-order valence-corrected chi connectivity index (χ3v) is 5.05. The second-order valence-electron chi connectivity index (χ2n) is 5.46. The van der Waals surface area contributed by atoms with Gasteiger partial charge in [-0.1, -0.05) is 6.92 Å². The summed E-state index contributed by atoms with van der Waals surface area (Å²) in [6.07, 6.45) is 0. The zero-order valence-electron chi connectivity index (χ0n) is 12.5. The quantitative estimate of drug-likeness (QED) is 0.786. The van der Waals surface area contributed by atoms with E-state index in [0.29, 0.717) is 5.92 Å². The Labute approximate surface area is 128 Å². The highest BCUT2D eigenvalue weighted by atomic mass is 79.9. The highest BCUT2D eigenvalue weighted by Crippen LogP contribution is 2.28. The Balaban J connectivity index is 2.10. The first-order valence-electron chi connectivity index (χ1n) is 6.99. The number of carbonyl (C=O) groups is 1. The van der Waals surface area contributed by atoms with Crippen LogP contribution < -0.4 is 0 Å². The number of carbonyl (C=O) groups excluding carboxylic acids is 1. The van der Waals surface area contributed by atoms with E-state index in [0.717, 1.165) is 36.3 Å². The molecular formula is C14H22BrN3O2. The lowest BCUT2D eigenvalue weighted by Crippen LogP contribution is -2.25. The molecule has 0 spiro atoms. The summed E-state index contributed by atoms with van der Waals surface area (Å²) in [5, 5.41) is 4.51. The lowest BCUT2D eigenvalue weighted by Gasteiger charge is -2.16. The molecule has 2 rings (SSSR count). The minimum Gasteiger partial charge on any atom is -0.469 e. The van der Waals surface area contributed by atoms with Crippen LogP contribution in [0.3, 0.4) is 0 Å². The van der Waals surface area contributed by atoms with E-state index in [1.807, 2.05) is 11.6 Å². The number of esters is 1. The highest BCUT2D eigenvalue weighted by Gasteiger charge is 2.36. The average Bonchev–Trinajstić information content (AvgIpc) is 2.93. The minimum atomic E-state index is -0.0979. The fourth-order valence-corrected chi connectivity index (χ4v) is 3.30. The molecule has 0 N–H and O–H groups in total. The second kappa shape index (κ2) is 6.26. The number of halogens is 1. The summed E-state index contributed by atoms with van der Waals surface area (Å²) in [5.41, 5.74) is 2.20. The van der Waals surface area contributed by atoms with E-state index in [4.69, 9.17) is 4.74 Å². The molecule has 1 aliphatic rings. The molecule has 0 aliphatic carbocycles. The molecule has 0 radical (unpaired) electrons. The summed E-state index contributed by atoms with van der Waals surface area (Å²) in [7, 11) is 1.46. The van der Waals surface area contributed by atoms with Crippen LogP contribution in [0.25, 0.3) is 0 Å². The Morgan fingerprint density at radius 1 is 1.50 bits per heavy atom. The van der Waals surface area contributed by atoms with Crippen LogP contribution in [0.4, 0.5) is 0 Å². The van der Waals surface area contributed by atoms with E-state index in [2.05, 4.69) is 39.8 Å². The molecule has 1 aliphatic heterocycles. The Morgan fingerprint density at radius 3 is 2.80 bits per heavy atom. The Hall–Kier alpha value is -0.880. The van der Waals surface area contributed by atoms with Gasteiger partial charge in [-0.3, -0.25) is 14.4 Å². The number of hydrogen-bond acceptors (Lipinski definition) is 4. The SMILES string of the molecule is CCn1nc(C)c(Br)c1CN1CC(C)C(C(=O)OC)C1. The summed E-state index contributed by atoms with van der Waals surface area (Å²) in [6.45, 7) is 9.54. The van der Waals surface area contributed by atoms with Gasteiger partial charge in [0.2, 0.25) is 0 Å². The van der Waals surface area contributed by atoms with E-state index < -0.39 is 0 Å². The van der Waals surface area contributed by atoms with Crippen LogP contribution in [0, 0.1) is 18.8 Å². The maximum atomic E-state index is 11.7. The van der Waals surface area contributed by atoms with Crippen LogP contribution in [-0.4, -0.2) is 40.8 Å². The fraction of sp³-hybridized carbons (Fsp3) is 0.714. The Kier molecular flexibility index (Phi) is 4.86. The van der Waals surface area contributed by atoms with Gasteiger partial charge in [0.25, 0.3) is 0 Å². The topological polar surface area (TPSA) is 47.4 Å². The van der Waals surface area contributed by atoms with E-state index in [1.165, 1.54) is 12.8 Å². The van der Waals surface area contributed by atoms with Crippen molar-refractivity contribution < 1.29 is 9.53 Å². The van der Waals surface area contributed by atoms with Crippen molar-refractivity contribution in [1.29, 1.82) is 0 Å². The number of hydrogen-bond donors (Lipinski definition) is 0. The largest absolute Gasteiger partial charge is 0.469 e.